The first kappa shape index (κ1) is 16.4. The second-order valence-electron chi connectivity index (χ2n) is 5.82. The van der Waals surface area contributed by atoms with E-state index in [2.05, 4.69) is 22.3 Å². The predicted octanol–water partition coefficient (Wildman–Crippen LogP) is 2.71. The van der Waals surface area contributed by atoms with Gasteiger partial charge in [-0.15, -0.1) is 0 Å². The average Bonchev–Trinajstić information content (AvgIpc) is 2.91. The lowest BCUT2D eigenvalue weighted by Gasteiger charge is -2.12. The minimum Gasteiger partial charge on any atom is -0.387 e. The topological polar surface area (TPSA) is 63.0 Å². The highest BCUT2D eigenvalue weighted by atomic mass is 16.3. The van der Waals surface area contributed by atoms with Gasteiger partial charge in [-0.25, -0.2) is 4.68 Å². The van der Waals surface area contributed by atoms with Gasteiger partial charge in [-0.3, -0.25) is 4.98 Å². The molecule has 0 saturated heterocycles. The van der Waals surface area contributed by atoms with Crippen molar-refractivity contribution in [3.8, 4) is 5.69 Å². The molecule has 2 N–H and O–H groups in total. The Morgan fingerprint density at radius 3 is 2.50 bits per heavy atom. The molecule has 5 nitrogen and oxygen atoms in total. The number of hydrogen-bond donors (Lipinski definition) is 2. The molecule has 0 amide bonds. The standard InChI is InChI=1S/C19H22N4O/c1-14-18(12-21-13-19(24)16-8-10-20-11-9-16)15(2)23(22-14)17-6-4-3-5-7-17/h3-11,19,21,24H,12-13H2,1-2H3. The third-order valence-electron chi connectivity index (χ3n) is 4.17. The van der Waals surface area contributed by atoms with Crippen molar-refractivity contribution < 1.29 is 5.11 Å². The molecule has 3 aromatic rings. The molecule has 5 heteroatoms. The van der Waals surface area contributed by atoms with E-state index in [1.54, 1.807) is 12.4 Å². The number of aromatic nitrogens is 3. The number of aliphatic hydroxyl groups excluding tert-OH is 1. The molecule has 0 aliphatic heterocycles. The van der Waals surface area contributed by atoms with E-state index < -0.39 is 6.10 Å². The minimum atomic E-state index is -0.544. The van der Waals surface area contributed by atoms with Gasteiger partial charge < -0.3 is 10.4 Å². The van der Waals surface area contributed by atoms with Gasteiger partial charge >= 0.3 is 0 Å². The Hall–Kier alpha value is -2.50. The third kappa shape index (κ3) is 3.53. The van der Waals surface area contributed by atoms with Crippen LogP contribution in [0.4, 0.5) is 0 Å². The summed E-state index contributed by atoms with van der Waals surface area (Å²) in [5, 5.41) is 18.2. The maximum absolute atomic E-state index is 10.2. The molecule has 0 fully saturated rings. The molecule has 124 valence electrons. The second kappa shape index (κ2) is 7.38. The van der Waals surface area contributed by atoms with Crippen molar-refractivity contribution in [2.24, 2.45) is 0 Å². The van der Waals surface area contributed by atoms with E-state index in [0.29, 0.717) is 13.1 Å². The van der Waals surface area contributed by atoms with Crippen LogP contribution in [-0.4, -0.2) is 26.4 Å². The van der Waals surface area contributed by atoms with Crippen molar-refractivity contribution in [3.05, 3.63) is 77.4 Å². The lowest BCUT2D eigenvalue weighted by Crippen LogP contribution is -2.21. The molecule has 0 radical (unpaired) electrons. The van der Waals surface area contributed by atoms with Gasteiger partial charge in [-0.2, -0.15) is 5.10 Å². The summed E-state index contributed by atoms with van der Waals surface area (Å²) >= 11 is 0. The van der Waals surface area contributed by atoms with Crippen molar-refractivity contribution in [1.82, 2.24) is 20.1 Å². The Morgan fingerprint density at radius 1 is 1.08 bits per heavy atom. The normalized spacial score (nSPS) is 12.3. The van der Waals surface area contributed by atoms with Gasteiger partial charge in [-0.1, -0.05) is 18.2 Å². The zero-order chi connectivity index (χ0) is 16.9. The molecule has 0 aliphatic rings. The quantitative estimate of drug-likeness (QED) is 0.732. The highest BCUT2D eigenvalue weighted by molar-refractivity contribution is 5.36. The molecule has 0 aliphatic carbocycles. The summed E-state index contributed by atoms with van der Waals surface area (Å²) in [6.45, 7) is 5.25. The maximum Gasteiger partial charge on any atom is 0.0915 e. The van der Waals surface area contributed by atoms with Gasteiger partial charge in [-0.05, 0) is 43.7 Å². The van der Waals surface area contributed by atoms with E-state index in [0.717, 1.165) is 22.6 Å². The van der Waals surface area contributed by atoms with Crippen molar-refractivity contribution in [3.63, 3.8) is 0 Å². The van der Waals surface area contributed by atoms with Crippen LogP contribution in [0.15, 0.2) is 54.9 Å². The maximum atomic E-state index is 10.2. The van der Waals surface area contributed by atoms with E-state index in [9.17, 15) is 5.11 Å². The first-order valence-corrected chi connectivity index (χ1v) is 8.06. The number of nitrogens with zero attached hydrogens (tertiary/aromatic N) is 3. The van der Waals surface area contributed by atoms with Crippen LogP contribution in [0.3, 0.4) is 0 Å². The number of nitrogens with one attached hydrogen (secondary N) is 1. The number of aliphatic hydroxyl groups is 1. The fourth-order valence-corrected chi connectivity index (χ4v) is 2.79. The summed E-state index contributed by atoms with van der Waals surface area (Å²) in [4.78, 5) is 3.97. The van der Waals surface area contributed by atoms with Crippen molar-refractivity contribution in [2.45, 2.75) is 26.5 Å². The Kier molecular flexibility index (Phi) is 5.03. The van der Waals surface area contributed by atoms with Crippen molar-refractivity contribution in [1.29, 1.82) is 0 Å². The highest BCUT2D eigenvalue weighted by Gasteiger charge is 2.13. The van der Waals surface area contributed by atoms with Crippen LogP contribution >= 0.6 is 0 Å². The number of aryl methyl sites for hydroxylation is 1. The Labute approximate surface area is 142 Å². The molecule has 0 bridgehead atoms. The van der Waals surface area contributed by atoms with Gasteiger partial charge in [0.25, 0.3) is 0 Å². The Bertz CT molecular complexity index is 784. The molecule has 1 unspecified atom stereocenters. The molecular formula is C19H22N4O. The largest absolute Gasteiger partial charge is 0.387 e. The van der Waals surface area contributed by atoms with Crippen LogP contribution in [0.25, 0.3) is 5.69 Å². The Balaban J connectivity index is 1.67. The number of para-hydroxylation sites is 1. The first-order valence-electron chi connectivity index (χ1n) is 8.06. The zero-order valence-electron chi connectivity index (χ0n) is 14.0. The average molecular weight is 322 g/mol. The fourth-order valence-electron chi connectivity index (χ4n) is 2.79. The molecule has 0 spiro atoms. The third-order valence-corrected chi connectivity index (χ3v) is 4.17. The fraction of sp³-hybridized carbons (Fsp3) is 0.263. The van der Waals surface area contributed by atoms with Gasteiger partial charge in [0.15, 0.2) is 0 Å². The van der Waals surface area contributed by atoms with E-state index in [1.165, 1.54) is 5.56 Å². The molecule has 2 heterocycles. The number of pyridine rings is 1. The first-order chi connectivity index (χ1) is 11.7. The van der Waals surface area contributed by atoms with Crippen LogP contribution < -0.4 is 5.32 Å². The number of hydrogen-bond acceptors (Lipinski definition) is 4. The van der Waals surface area contributed by atoms with Crippen molar-refractivity contribution in [2.75, 3.05) is 6.54 Å². The van der Waals surface area contributed by atoms with Gasteiger partial charge in [0.2, 0.25) is 0 Å². The molecule has 0 saturated carbocycles. The summed E-state index contributed by atoms with van der Waals surface area (Å²) in [5.74, 6) is 0. The lowest BCUT2D eigenvalue weighted by atomic mass is 10.1. The highest BCUT2D eigenvalue weighted by Crippen LogP contribution is 2.18. The lowest BCUT2D eigenvalue weighted by molar-refractivity contribution is 0.174. The van der Waals surface area contributed by atoms with E-state index in [-0.39, 0.29) is 0 Å². The molecule has 3 rings (SSSR count). The second-order valence-corrected chi connectivity index (χ2v) is 5.82. The minimum absolute atomic E-state index is 0.486. The molecule has 1 aromatic carbocycles. The predicted molar refractivity (Wildman–Crippen MR) is 93.9 cm³/mol. The van der Waals surface area contributed by atoms with Crippen molar-refractivity contribution >= 4 is 0 Å². The number of benzene rings is 1. The van der Waals surface area contributed by atoms with Crippen LogP contribution in [0.1, 0.15) is 28.6 Å². The zero-order valence-corrected chi connectivity index (χ0v) is 14.0. The summed E-state index contributed by atoms with van der Waals surface area (Å²) in [6, 6.07) is 13.8. The molecule has 1 atom stereocenters. The molecule has 24 heavy (non-hydrogen) atoms. The Morgan fingerprint density at radius 2 is 1.79 bits per heavy atom. The smallest absolute Gasteiger partial charge is 0.0915 e. The van der Waals surface area contributed by atoms with Crippen LogP contribution in [0.2, 0.25) is 0 Å². The SMILES string of the molecule is Cc1nn(-c2ccccc2)c(C)c1CNCC(O)c1ccncc1. The van der Waals surface area contributed by atoms with E-state index in [1.807, 2.05) is 54.1 Å². The monoisotopic (exact) mass is 322 g/mol. The number of rotatable bonds is 6. The van der Waals surface area contributed by atoms with Gasteiger partial charge in [0.1, 0.15) is 0 Å². The molecule has 2 aromatic heterocycles. The van der Waals surface area contributed by atoms with Crippen LogP contribution in [-0.2, 0) is 6.54 Å². The van der Waals surface area contributed by atoms with Crippen LogP contribution in [0.5, 0.6) is 0 Å². The summed E-state index contributed by atoms with van der Waals surface area (Å²) in [6.07, 6.45) is 2.84. The summed E-state index contributed by atoms with van der Waals surface area (Å²) in [5.41, 5.74) is 5.21. The molecular weight excluding hydrogens is 300 g/mol. The van der Waals surface area contributed by atoms with E-state index >= 15 is 0 Å². The van der Waals surface area contributed by atoms with Gasteiger partial charge in [0.05, 0.1) is 17.5 Å². The summed E-state index contributed by atoms with van der Waals surface area (Å²) < 4.78 is 1.96. The van der Waals surface area contributed by atoms with Crippen LogP contribution in [0, 0.1) is 13.8 Å². The van der Waals surface area contributed by atoms with E-state index in [4.69, 9.17) is 0 Å². The van der Waals surface area contributed by atoms with Gasteiger partial charge in [0, 0.05) is 36.7 Å². The summed E-state index contributed by atoms with van der Waals surface area (Å²) in [7, 11) is 0.